The Bertz CT molecular complexity index is 1020. The molecule has 2 heterocycles. The van der Waals surface area contributed by atoms with Crippen molar-refractivity contribution in [2.24, 2.45) is 5.92 Å². The first kappa shape index (κ1) is 23.6. The van der Waals surface area contributed by atoms with Crippen LogP contribution in [-0.4, -0.2) is 50.9 Å². The zero-order valence-corrected chi connectivity index (χ0v) is 20.4. The number of phenolic OH excluding ortho intramolecular Hbond substituents is 1. The van der Waals surface area contributed by atoms with Gasteiger partial charge < -0.3 is 14.9 Å². The maximum atomic E-state index is 13.8. The van der Waals surface area contributed by atoms with Crippen molar-refractivity contribution in [3.05, 3.63) is 64.7 Å². The summed E-state index contributed by atoms with van der Waals surface area (Å²) in [4.78, 5) is 30.9. The van der Waals surface area contributed by atoms with Crippen LogP contribution < -0.4 is 0 Å². The quantitative estimate of drug-likeness (QED) is 0.683. The molecule has 0 spiro atoms. The van der Waals surface area contributed by atoms with Crippen molar-refractivity contribution in [1.82, 2.24) is 9.80 Å². The number of phenols is 1. The first-order valence-corrected chi connectivity index (χ1v) is 12.2. The highest BCUT2D eigenvalue weighted by Gasteiger charge is 2.54. The molecule has 4 rings (SSSR count). The van der Waals surface area contributed by atoms with Gasteiger partial charge in [0.05, 0.1) is 18.5 Å². The molecule has 2 saturated heterocycles. The zero-order valence-electron chi connectivity index (χ0n) is 19.6. The van der Waals surface area contributed by atoms with Crippen LogP contribution in [0.1, 0.15) is 51.2 Å². The maximum Gasteiger partial charge on any atom is 0.227 e. The van der Waals surface area contributed by atoms with Crippen molar-refractivity contribution in [2.75, 3.05) is 6.54 Å². The predicted octanol–water partition coefficient (Wildman–Crippen LogP) is 4.84. The van der Waals surface area contributed by atoms with Gasteiger partial charge in [-0.3, -0.25) is 9.59 Å². The average Bonchev–Trinajstić information content (AvgIpc) is 3.06. The van der Waals surface area contributed by atoms with Crippen molar-refractivity contribution in [1.29, 1.82) is 0 Å². The Labute approximate surface area is 201 Å². The standard InChI is InChI=1S/C27H33ClN2O3/c1-18(2)26(33)29-13-5-8-23-24(29)17-27(3,16-19-9-11-21(28)12-10-19)30(23)25(32)15-20-6-4-7-22(31)14-20/h4,6-7,9-12,14,18,23-24,31H,5,8,13,15-17H2,1-3H3/t23-,24-,27+/m0/s1. The first-order valence-electron chi connectivity index (χ1n) is 11.8. The van der Waals surface area contributed by atoms with Crippen LogP contribution in [0.15, 0.2) is 48.5 Å². The lowest BCUT2D eigenvalue weighted by Crippen LogP contribution is -2.55. The normalized spacial score (nSPS) is 24.8. The minimum absolute atomic E-state index is 0.00330. The van der Waals surface area contributed by atoms with Gasteiger partial charge in [0.1, 0.15) is 5.75 Å². The highest BCUT2D eigenvalue weighted by atomic mass is 35.5. The van der Waals surface area contributed by atoms with Gasteiger partial charge in [-0.05, 0) is 68.0 Å². The SMILES string of the molecule is CC(C)C(=O)N1CCC[C@H]2[C@@H]1C[C@@](C)(Cc1ccc(Cl)cc1)N2C(=O)Cc1cccc(O)c1. The van der Waals surface area contributed by atoms with E-state index in [4.69, 9.17) is 11.6 Å². The van der Waals surface area contributed by atoms with Crippen molar-refractivity contribution >= 4 is 23.4 Å². The Balaban J connectivity index is 1.67. The van der Waals surface area contributed by atoms with E-state index in [0.717, 1.165) is 36.9 Å². The minimum Gasteiger partial charge on any atom is -0.508 e. The molecular weight excluding hydrogens is 436 g/mol. The van der Waals surface area contributed by atoms with Crippen LogP contribution in [0.3, 0.4) is 0 Å². The molecule has 0 aromatic heterocycles. The van der Waals surface area contributed by atoms with E-state index in [2.05, 4.69) is 11.8 Å². The number of likely N-dealkylation sites (tertiary alicyclic amines) is 2. The number of hydrogen-bond acceptors (Lipinski definition) is 3. The molecule has 2 aliphatic heterocycles. The summed E-state index contributed by atoms with van der Waals surface area (Å²) in [6, 6.07) is 14.7. The number of fused-ring (bicyclic) bond motifs is 1. The first-order chi connectivity index (χ1) is 15.7. The fourth-order valence-electron chi connectivity index (χ4n) is 5.75. The lowest BCUT2D eigenvalue weighted by molar-refractivity contribution is -0.143. The Kier molecular flexibility index (Phi) is 6.71. The van der Waals surface area contributed by atoms with Crippen molar-refractivity contribution in [2.45, 2.75) is 70.5 Å². The van der Waals surface area contributed by atoms with Crippen molar-refractivity contribution in [3.63, 3.8) is 0 Å². The lowest BCUT2D eigenvalue weighted by atomic mass is 9.87. The van der Waals surface area contributed by atoms with Gasteiger partial charge in [-0.2, -0.15) is 0 Å². The summed E-state index contributed by atoms with van der Waals surface area (Å²) < 4.78 is 0. The van der Waals surface area contributed by atoms with E-state index in [1.165, 1.54) is 0 Å². The third kappa shape index (κ3) is 4.89. The molecule has 1 N–H and O–H groups in total. The Hall–Kier alpha value is -2.53. The van der Waals surface area contributed by atoms with Crippen LogP contribution in [0, 0.1) is 5.92 Å². The molecular formula is C27H33ClN2O3. The molecule has 0 bridgehead atoms. The highest BCUT2D eigenvalue weighted by molar-refractivity contribution is 6.30. The van der Waals surface area contributed by atoms with E-state index in [1.807, 2.05) is 49.1 Å². The Morgan fingerprint density at radius 1 is 1.12 bits per heavy atom. The summed E-state index contributed by atoms with van der Waals surface area (Å²) in [5.41, 5.74) is 1.50. The van der Waals surface area contributed by atoms with E-state index in [0.29, 0.717) is 11.4 Å². The summed E-state index contributed by atoms with van der Waals surface area (Å²) in [5, 5.41) is 10.6. The number of piperidine rings is 1. The van der Waals surface area contributed by atoms with Crippen LogP contribution in [0.5, 0.6) is 5.75 Å². The van der Waals surface area contributed by atoms with Crippen molar-refractivity contribution in [3.8, 4) is 5.75 Å². The number of halogens is 1. The zero-order chi connectivity index (χ0) is 23.8. The number of hydrogen-bond donors (Lipinski definition) is 1. The molecule has 33 heavy (non-hydrogen) atoms. The molecule has 5 nitrogen and oxygen atoms in total. The number of amides is 2. The third-order valence-electron chi connectivity index (χ3n) is 7.12. The van der Waals surface area contributed by atoms with Gasteiger partial charge in [-0.1, -0.05) is 49.7 Å². The monoisotopic (exact) mass is 468 g/mol. The second-order valence-corrected chi connectivity index (χ2v) is 10.5. The van der Waals surface area contributed by atoms with Gasteiger partial charge >= 0.3 is 0 Å². The number of benzene rings is 2. The summed E-state index contributed by atoms with van der Waals surface area (Å²) in [6.07, 6.45) is 3.48. The van der Waals surface area contributed by atoms with E-state index in [-0.39, 0.29) is 42.0 Å². The molecule has 3 atom stereocenters. The largest absolute Gasteiger partial charge is 0.508 e. The Morgan fingerprint density at radius 3 is 2.52 bits per heavy atom. The fourth-order valence-corrected chi connectivity index (χ4v) is 5.88. The van der Waals surface area contributed by atoms with Crippen molar-refractivity contribution < 1.29 is 14.7 Å². The molecule has 0 saturated carbocycles. The van der Waals surface area contributed by atoms with Crippen LogP contribution in [0.2, 0.25) is 5.02 Å². The Morgan fingerprint density at radius 2 is 1.85 bits per heavy atom. The molecule has 0 unspecified atom stereocenters. The summed E-state index contributed by atoms with van der Waals surface area (Å²) in [7, 11) is 0. The van der Waals surface area contributed by atoms with Gasteiger partial charge in [0.15, 0.2) is 0 Å². The van der Waals surface area contributed by atoms with E-state index in [1.54, 1.807) is 18.2 Å². The highest BCUT2D eigenvalue weighted by Crippen LogP contribution is 2.43. The molecule has 0 radical (unpaired) electrons. The number of carbonyl (C=O) groups excluding carboxylic acids is 2. The maximum absolute atomic E-state index is 13.8. The third-order valence-corrected chi connectivity index (χ3v) is 7.37. The van der Waals surface area contributed by atoms with Crippen LogP contribution in [0.25, 0.3) is 0 Å². The van der Waals surface area contributed by atoms with Gasteiger partial charge in [0.25, 0.3) is 0 Å². The molecule has 2 aromatic rings. The molecule has 6 heteroatoms. The van der Waals surface area contributed by atoms with Crippen LogP contribution in [-0.2, 0) is 22.4 Å². The van der Waals surface area contributed by atoms with Crippen LogP contribution >= 0.6 is 11.6 Å². The van der Waals surface area contributed by atoms with Gasteiger partial charge in [-0.25, -0.2) is 0 Å². The lowest BCUT2D eigenvalue weighted by Gasteiger charge is -2.42. The summed E-state index contributed by atoms with van der Waals surface area (Å²) >= 11 is 6.10. The number of nitrogens with zero attached hydrogens (tertiary/aromatic N) is 2. The van der Waals surface area contributed by atoms with Gasteiger partial charge in [-0.15, -0.1) is 0 Å². The fraction of sp³-hybridized carbons (Fsp3) is 0.481. The smallest absolute Gasteiger partial charge is 0.227 e. The number of aromatic hydroxyl groups is 1. The predicted molar refractivity (Wildman–Crippen MR) is 130 cm³/mol. The number of carbonyl (C=O) groups is 2. The average molecular weight is 469 g/mol. The van der Waals surface area contributed by atoms with E-state index >= 15 is 0 Å². The summed E-state index contributed by atoms with van der Waals surface area (Å²) in [5.74, 6) is 0.308. The van der Waals surface area contributed by atoms with E-state index in [9.17, 15) is 14.7 Å². The minimum atomic E-state index is -0.420. The topological polar surface area (TPSA) is 60.9 Å². The van der Waals surface area contributed by atoms with E-state index < -0.39 is 5.54 Å². The summed E-state index contributed by atoms with van der Waals surface area (Å²) in [6.45, 7) is 6.79. The second-order valence-electron chi connectivity index (χ2n) is 10.1. The number of rotatable bonds is 5. The molecule has 2 fully saturated rings. The van der Waals surface area contributed by atoms with Gasteiger partial charge in [0, 0.05) is 23.0 Å². The molecule has 2 amide bonds. The second kappa shape index (κ2) is 9.38. The molecule has 2 aromatic carbocycles. The van der Waals surface area contributed by atoms with Crippen LogP contribution in [0.4, 0.5) is 0 Å². The molecule has 0 aliphatic carbocycles. The molecule has 176 valence electrons. The molecule has 2 aliphatic rings. The van der Waals surface area contributed by atoms with Gasteiger partial charge in [0.2, 0.25) is 11.8 Å².